The second kappa shape index (κ2) is 6.13. The monoisotopic (exact) mass is 274 g/mol. The summed E-state index contributed by atoms with van der Waals surface area (Å²) in [5.74, 6) is 3.55. The fourth-order valence-corrected chi connectivity index (χ4v) is 4.07. The van der Waals surface area contributed by atoms with Crippen molar-refractivity contribution in [1.29, 1.82) is 0 Å². The lowest BCUT2D eigenvalue weighted by Crippen LogP contribution is -2.26. The lowest BCUT2D eigenvalue weighted by Gasteiger charge is -2.20. The van der Waals surface area contributed by atoms with E-state index in [0.717, 1.165) is 42.2 Å². The van der Waals surface area contributed by atoms with Crippen LogP contribution in [0, 0.1) is 17.8 Å². The van der Waals surface area contributed by atoms with Gasteiger partial charge in [-0.15, -0.1) is 0 Å². The van der Waals surface area contributed by atoms with Gasteiger partial charge in [0.15, 0.2) is 0 Å². The zero-order chi connectivity index (χ0) is 13.9. The largest absolute Gasteiger partial charge is 0.495 e. The average Bonchev–Trinajstić information content (AvgIpc) is 3.23. The third kappa shape index (κ3) is 2.56. The molecule has 3 heteroatoms. The van der Waals surface area contributed by atoms with Gasteiger partial charge in [-0.3, -0.25) is 4.98 Å². The van der Waals surface area contributed by atoms with Crippen LogP contribution in [0.4, 0.5) is 0 Å². The van der Waals surface area contributed by atoms with Crippen LogP contribution in [0.2, 0.25) is 0 Å². The summed E-state index contributed by atoms with van der Waals surface area (Å²) in [5, 5.41) is 3.74. The summed E-state index contributed by atoms with van der Waals surface area (Å²) in [4.78, 5) is 4.63. The number of hydrogen-bond donors (Lipinski definition) is 1. The van der Waals surface area contributed by atoms with Crippen molar-refractivity contribution in [2.24, 2.45) is 17.8 Å². The Kier molecular flexibility index (Phi) is 4.25. The minimum Gasteiger partial charge on any atom is -0.495 e. The highest BCUT2D eigenvalue weighted by atomic mass is 16.5. The SMILES string of the molecule is CCCNC(c1ncccc1OC)C1C2CCCCC21. The molecule has 110 valence electrons. The predicted octanol–water partition coefficient (Wildman–Crippen LogP) is 3.57. The molecule has 20 heavy (non-hydrogen) atoms. The molecule has 1 aromatic heterocycles. The van der Waals surface area contributed by atoms with Crippen molar-refractivity contribution in [2.75, 3.05) is 13.7 Å². The van der Waals surface area contributed by atoms with Crippen molar-refractivity contribution in [1.82, 2.24) is 10.3 Å². The van der Waals surface area contributed by atoms with Crippen LogP contribution in [0.25, 0.3) is 0 Å². The molecule has 0 aromatic carbocycles. The first kappa shape index (κ1) is 13.9. The molecule has 2 aliphatic rings. The molecule has 0 bridgehead atoms. The Morgan fingerprint density at radius 3 is 2.75 bits per heavy atom. The highest BCUT2D eigenvalue weighted by molar-refractivity contribution is 5.31. The lowest BCUT2D eigenvalue weighted by atomic mass is 10.0. The molecular weight excluding hydrogens is 248 g/mol. The molecule has 3 atom stereocenters. The summed E-state index contributed by atoms with van der Waals surface area (Å²) in [6.07, 6.45) is 8.71. The van der Waals surface area contributed by atoms with E-state index in [9.17, 15) is 0 Å². The molecule has 2 saturated carbocycles. The maximum atomic E-state index is 5.54. The van der Waals surface area contributed by atoms with Gasteiger partial charge in [0.1, 0.15) is 5.75 Å². The van der Waals surface area contributed by atoms with E-state index >= 15 is 0 Å². The van der Waals surface area contributed by atoms with E-state index in [1.165, 1.54) is 25.7 Å². The Morgan fingerprint density at radius 1 is 1.35 bits per heavy atom. The predicted molar refractivity (Wildman–Crippen MR) is 80.8 cm³/mol. The first-order valence-corrected chi connectivity index (χ1v) is 8.09. The Morgan fingerprint density at radius 2 is 2.10 bits per heavy atom. The van der Waals surface area contributed by atoms with Crippen LogP contribution in [-0.2, 0) is 0 Å². The average molecular weight is 274 g/mol. The summed E-state index contributed by atoms with van der Waals surface area (Å²) in [6, 6.07) is 4.37. The maximum Gasteiger partial charge on any atom is 0.141 e. The van der Waals surface area contributed by atoms with Gasteiger partial charge in [0.25, 0.3) is 0 Å². The van der Waals surface area contributed by atoms with Gasteiger partial charge in [-0.05, 0) is 55.7 Å². The van der Waals surface area contributed by atoms with Crippen LogP contribution in [0.15, 0.2) is 18.3 Å². The van der Waals surface area contributed by atoms with E-state index in [4.69, 9.17) is 4.74 Å². The first-order valence-electron chi connectivity index (χ1n) is 8.09. The molecule has 2 aliphatic carbocycles. The van der Waals surface area contributed by atoms with Crippen molar-refractivity contribution in [3.63, 3.8) is 0 Å². The third-order valence-corrected chi connectivity index (χ3v) is 5.04. The second-order valence-corrected chi connectivity index (χ2v) is 6.21. The van der Waals surface area contributed by atoms with Crippen molar-refractivity contribution in [2.45, 2.75) is 45.1 Å². The molecule has 1 heterocycles. The number of aromatic nitrogens is 1. The minimum absolute atomic E-state index is 0.374. The van der Waals surface area contributed by atoms with Gasteiger partial charge in [-0.1, -0.05) is 19.8 Å². The topological polar surface area (TPSA) is 34.2 Å². The van der Waals surface area contributed by atoms with Crippen molar-refractivity contribution in [3.8, 4) is 5.75 Å². The molecule has 2 fully saturated rings. The van der Waals surface area contributed by atoms with Gasteiger partial charge in [-0.25, -0.2) is 0 Å². The van der Waals surface area contributed by atoms with Crippen LogP contribution < -0.4 is 10.1 Å². The number of nitrogens with one attached hydrogen (secondary N) is 1. The number of rotatable bonds is 6. The van der Waals surface area contributed by atoms with E-state index in [1.807, 2.05) is 18.3 Å². The highest BCUT2D eigenvalue weighted by Crippen LogP contribution is 2.60. The minimum atomic E-state index is 0.374. The summed E-state index contributed by atoms with van der Waals surface area (Å²) < 4.78 is 5.54. The molecule has 3 nitrogen and oxygen atoms in total. The quantitative estimate of drug-likeness (QED) is 0.861. The fourth-order valence-electron chi connectivity index (χ4n) is 4.07. The molecule has 0 saturated heterocycles. The summed E-state index contributed by atoms with van der Waals surface area (Å²) in [5.41, 5.74) is 1.11. The Balaban J connectivity index is 1.82. The standard InChI is InChI=1S/C17H26N2O/c1-3-10-18-17(15-12-7-4-5-8-13(12)15)16-14(20-2)9-6-11-19-16/h6,9,11-13,15,17-18H,3-5,7-8,10H2,1-2H3. The van der Waals surface area contributed by atoms with Crippen molar-refractivity contribution < 1.29 is 4.74 Å². The Bertz CT molecular complexity index is 436. The van der Waals surface area contributed by atoms with E-state index in [-0.39, 0.29) is 0 Å². The van der Waals surface area contributed by atoms with Crippen LogP contribution >= 0.6 is 0 Å². The van der Waals surface area contributed by atoms with Crippen molar-refractivity contribution in [3.05, 3.63) is 24.0 Å². The van der Waals surface area contributed by atoms with Crippen molar-refractivity contribution >= 4 is 0 Å². The molecule has 0 amide bonds. The van der Waals surface area contributed by atoms with E-state index in [2.05, 4.69) is 17.2 Å². The second-order valence-electron chi connectivity index (χ2n) is 6.21. The number of nitrogens with zero attached hydrogens (tertiary/aromatic N) is 1. The van der Waals surface area contributed by atoms with Gasteiger partial charge < -0.3 is 10.1 Å². The van der Waals surface area contributed by atoms with E-state index in [1.54, 1.807) is 7.11 Å². The number of hydrogen-bond acceptors (Lipinski definition) is 3. The van der Waals surface area contributed by atoms with Crippen LogP contribution in [0.5, 0.6) is 5.75 Å². The third-order valence-electron chi connectivity index (χ3n) is 5.04. The number of fused-ring (bicyclic) bond motifs is 1. The summed E-state index contributed by atoms with van der Waals surface area (Å²) >= 11 is 0. The van der Waals surface area contributed by atoms with Crippen LogP contribution in [0.3, 0.4) is 0 Å². The number of ether oxygens (including phenoxy) is 1. The Hall–Kier alpha value is -1.09. The van der Waals surface area contributed by atoms with Crippen LogP contribution in [-0.4, -0.2) is 18.6 Å². The number of methoxy groups -OCH3 is 1. The molecule has 0 spiro atoms. The normalized spacial score (nSPS) is 29.6. The fraction of sp³-hybridized carbons (Fsp3) is 0.706. The molecule has 1 aromatic rings. The van der Waals surface area contributed by atoms with E-state index < -0.39 is 0 Å². The molecule has 3 unspecified atom stereocenters. The highest BCUT2D eigenvalue weighted by Gasteiger charge is 2.55. The van der Waals surface area contributed by atoms with Gasteiger partial charge in [0.05, 0.1) is 18.8 Å². The van der Waals surface area contributed by atoms with Gasteiger partial charge in [-0.2, -0.15) is 0 Å². The molecule has 0 aliphatic heterocycles. The first-order chi connectivity index (χ1) is 9.86. The maximum absolute atomic E-state index is 5.54. The van der Waals surface area contributed by atoms with Gasteiger partial charge >= 0.3 is 0 Å². The molecule has 3 rings (SSSR count). The van der Waals surface area contributed by atoms with E-state index in [0.29, 0.717) is 6.04 Å². The zero-order valence-corrected chi connectivity index (χ0v) is 12.6. The molecule has 0 radical (unpaired) electrons. The van der Waals surface area contributed by atoms with Crippen LogP contribution in [0.1, 0.15) is 50.8 Å². The Labute approximate surface area is 122 Å². The zero-order valence-electron chi connectivity index (χ0n) is 12.6. The summed E-state index contributed by atoms with van der Waals surface area (Å²) in [6.45, 7) is 3.28. The van der Waals surface area contributed by atoms with Gasteiger partial charge in [0, 0.05) is 6.20 Å². The van der Waals surface area contributed by atoms with Gasteiger partial charge in [0.2, 0.25) is 0 Å². The number of pyridine rings is 1. The summed E-state index contributed by atoms with van der Waals surface area (Å²) in [7, 11) is 1.75. The smallest absolute Gasteiger partial charge is 0.141 e. The molecule has 1 N–H and O–H groups in total. The lowest BCUT2D eigenvalue weighted by molar-refractivity contribution is 0.376. The molecular formula is C17H26N2O.